The zero-order valence-corrected chi connectivity index (χ0v) is 20.3. The summed E-state index contributed by atoms with van der Waals surface area (Å²) in [7, 11) is 0. The van der Waals surface area contributed by atoms with Crippen molar-refractivity contribution in [2.24, 2.45) is 0 Å². The number of hydrogen-bond acceptors (Lipinski definition) is 5. The molecule has 2 aromatic rings. The van der Waals surface area contributed by atoms with Crippen molar-refractivity contribution in [1.29, 1.82) is 0 Å². The average molecular weight is 468 g/mol. The SMILES string of the molecule is C[C@H](NC(=O)OC(C)(C)C)[C@](N[S+]([O-])C(C)(C)C)(c1ccc(F)cc1)c1ccnc(F)c1. The first-order valence-corrected chi connectivity index (χ1v) is 11.4. The van der Waals surface area contributed by atoms with Crippen LogP contribution >= 0.6 is 0 Å². The van der Waals surface area contributed by atoms with Crippen LogP contribution in [0.2, 0.25) is 0 Å². The molecule has 0 saturated heterocycles. The minimum atomic E-state index is -1.65. The van der Waals surface area contributed by atoms with Crippen molar-refractivity contribution >= 4 is 17.5 Å². The van der Waals surface area contributed by atoms with Crippen LogP contribution in [0.3, 0.4) is 0 Å². The van der Waals surface area contributed by atoms with E-state index in [2.05, 4.69) is 15.0 Å². The van der Waals surface area contributed by atoms with Gasteiger partial charge in [-0.15, -0.1) is 4.72 Å². The van der Waals surface area contributed by atoms with Gasteiger partial charge >= 0.3 is 6.09 Å². The number of amides is 1. The van der Waals surface area contributed by atoms with Crippen molar-refractivity contribution in [2.45, 2.75) is 70.4 Å². The second-order valence-corrected chi connectivity index (χ2v) is 11.5. The van der Waals surface area contributed by atoms with Crippen LogP contribution in [0.15, 0.2) is 42.6 Å². The average Bonchev–Trinajstić information content (AvgIpc) is 2.64. The zero-order valence-electron chi connectivity index (χ0n) is 19.5. The maximum atomic E-state index is 14.2. The van der Waals surface area contributed by atoms with Crippen LogP contribution in [0.25, 0.3) is 0 Å². The third-order valence-corrected chi connectivity index (χ3v) is 6.29. The van der Waals surface area contributed by atoms with Crippen molar-refractivity contribution in [1.82, 2.24) is 15.0 Å². The molecule has 1 heterocycles. The molecule has 0 spiro atoms. The Morgan fingerprint density at radius 1 is 1.06 bits per heavy atom. The number of carbonyl (C=O) groups excluding carboxylic acids is 1. The molecule has 1 unspecified atom stereocenters. The fourth-order valence-corrected chi connectivity index (χ4v) is 4.14. The maximum absolute atomic E-state index is 14.2. The molecule has 176 valence electrons. The lowest BCUT2D eigenvalue weighted by atomic mass is 9.78. The molecule has 9 heteroatoms. The van der Waals surface area contributed by atoms with Gasteiger partial charge in [-0.05, 0) is 83.9 Å². The van der Waals surface area contributed by atoms with Crippen LogP contribution in [-0.2, 0) is 21.6 Å². The molecule has 6 nitrogen and oxygen atoms in total. The van der Waals surface area contributed by atoms with Crippen molar-refractivity contribution in [3.63, 3.8) is 0 Å². The van der Waals surface area contributed by atoms with Gasteiger partial charge in [0.05, 0.1) is 6.04 Å². The van der Waals surface area contributed by atoms with Crippen molar-refractivity contribution < 1.29 is 22.9 Å². The highest BCUT2D eigenvalue weighted by molar-refractivity contribution is 7.90. The topological polar surface area (TPSA) is 86.3 Å². The molecule has 0 bridgehead atoms. The van der Waals surface area contributed by atoms with Crippen molar-refractivity contribution in [3.8, 4) is 0 Å². The fraction of sp³-hybridized carbons (Fsp3) is 0.478. The van der Waals surface area contributed by atoms with E-state index >= 15 is 0 Å². The van der Waals surface area contributed by atoms with Gasteiger partial charge in [0.2, 0.25) is 5.95 Å². The van der Waals surface area contributed by atoms with E-state index in [9.17, 15) is 18.1 Å². The smallest absolute Gasteiger partial charge is 0.407 e. The number of halogens is 2. The van der Waals surface area contributed by atoms with Crippen LogP contribution in [0.4, 0.5) is 13.6 Å². The third kappa shape index (κ3) is 6.40. The van der Waals surface area contributed by atoms with E-state index in [0.29, 0.717) is 11.1 Å². The molecule has 0 aliphatic rings. The van der Waals surface area contributed by atoms with Gasteiger partial charge in [-0.1, -0.05) is 12.1 Å². The first kappa shape index (κ1) is 26.0. The zero-order chi connectivity index (χ0) is 24.3. The van der Waals surface area contributed by atoms with E-state index in [0.717, 1.165) is 0 Å². The summed E-state index contributed by atoms with van der Waals surface area (Å²) in [5, 5.41) is 2.77. The predicted molar refractivity (Wildman–Crippen MR) is 121 cm³/mol. The molecular formula is C23H31F2N3O3S. The molecule has 1 aromatic carbocycles. The highest BCUT2D eigenvalue weighted by Gasteiger charge is 2.47. The number of nitrogens with one attached hydrogen (secondary N) is 2. The number of ether oxygens (including phenoxy) is 1. The third-order valence-electron chi connectivity index (χ3n) is 4.67. The van der Waals surface area contributed by atoms with Gasteiger partial charge in [0.25, 0.3) is 0 Å². The maximum Gasteiger partial charge on any atom is 0.407 e. The lowest BCUT2D eigenvalue weighted by molar-refractivity contribution is 0.0486. The molecule has 32 heavy (non-hydrogen) atoms. The van der Waals surface area contributed by atoms with Crippen LogP contribution in [0.5, 0.6) is 0 Å². The van der Waals surface area contributed by atoms with Gasteiger partial charge < -0.3 is 14.6 Å². The molecule has 3 atom stereocenters. The van der Waals surface area contributed by atoms with Crippen LogP contribution in [-0.4, -0.2) is 32.0 Å². The summed E-state index contributed by atoms with van der Waals surface area (Å²) < 4.78 is 49.0. The Bertz CT molecular complexity index is 929. The predicted octanol–water partition coefficient (Wildman–Crippen LogP) is 4.57. The summed E-state index contributed by atoms with van der Waals surface area (Å²) in [5.41, 5.74) is -1.30. The van der Waals surface area contributed by atoms with Gasteiger partial charge in [0.15, 0.2) is 0 Å². The number of pyridine rings is 1. The lowest BCUT2D eigenvalue weighted by Crippen LogP contribution is -2.62. The molecule has 2 rings (SSSR count). The van der Waals surface area contributed by atoms with E-state index in [-0.39, 0.29) is 0 Å². The number of nitrogens with zero attached hydrogens (tertiary/aromatic N) is 1. The minimum Gasteiger partial charge on any atom is -0.598 e. The number of carbonyl (C=O) groups is 1. The quantitative estimate of drug-likeness (QED) is 0.480. The summed E-state index contributed by atoms with van der Waals surface area (Å²) in [6, 6.07) is 7.49. The van der Waals surface area contributed by atoms with Gasteiger partial charge in [0, 0.05) is 17.6 Å². The number of benzene rings is 1. The van der Waals surface area contributed by atoms with Gasteiger partial charge in [-0.2, -0.15) is 4.39 Å². The summed E-state index contributed by atoms with van der Waals surface area (Å²) in [5.74, 6) is -1.21. The Labute approximate surface area is 191 Å². The number of aromatic nitrogens is 1. The summed E-state index contributed by atoms with van der Waals surface area (Å²) in [4.78, 5) is 16.2. The molecule has 0 aliphatic heterocycles. The van der Waals surface area contributed by atoms with Crippen LogP contribution in [0.1, 0.15) is 59.6 Å². The monoisotopic (exact) mass is 467 g/mol. The Morgan fingerprint density at radius 2 is 1.66 bits per heavy atom. The van der Waals surface area contributed by atoms with Crippen LogP contribution in [0, 0.1) is 11.8 Å². The molecule has 2 N–H and O–H groups in total. The van der Waals surface area contributed by atoms with E-state index < -0.39 is 51.1 Å². The second-order valence-electron chi connectivity index (χ2n) is 9.53. The van der Waals surface area contributed by atoms with E-state index in [1.807, 2.05) is 0 Å². The number of rotatable bonds is 6. The highest BCUT2D eigenvalue weighted by atomic mass is 32.2. The molecule has 1 aromatic heterocycles. The van der Waals surface area contributed by atoms with E-state index in [4.69, 9.17) is 4.74 Å². The summed E-state index contributed by atoms with van der Waals surface area (Å²) in [6.45, 7) is 12.2. The number of hydrogen-bond donors (Lipinski definition) is 2. The lowest BCUT2D eigenvalue weighted by Gasteiger charge is -2.42. The standard InChI is InChI=1S/C23H31F2N3O3S/c1-15(27-20(29)31-21(2,3)4)23(28-32(30)22(5,6)7,16-8-10-18(24)11-9-16)17-12-13-26-19(25)14-17/h8-15,28H,1-7H3,(H,27,29)/t15-,23-,32?/m0/s1. The number of alkyl carbamates (subject to hydrolysis) is 1. The Hall–Kier alpha value is -2.23. The normalized spacial score (nSPS) is 16.1. The molecule has 0 fully saturated rings. The molecule has 0 saturated carbocycles. The summed E-state index contributed by atoms with van der Waals surface area (Å²) in [6.07, 6.45) is 0.583. The molecule has 0 aliphatic carbocycles. The van der Waals surface area contributed by atoms with E-state index in [1.54, 1.807) is 54.5 Å². The molecule has 1 amide bonds. The van der Waals surface area contributed by atoms with E-state index in [1.165, 1.54) is 36.5 Å². The fourth-order valence-electron chi connectivity index (χ4n) is 3.13. The Kier molecular flexibility index (Phi) is 7.91. The van der Waals surface area contributed by atoms with Gasteiger partial charge in [0.1, 0.15) is 21.7 Å². The van der Waals surface area contributed by atoms with Crippen molar-refractivity contribution in [3.05, 3.63) is 65.5 Å². The first-order chi connectivity index (χ1) is 14.6. The largest absolute Gasteiger partial charge is 0.598 e. The van der Waals surface area contributed by atoms with Crippen LogP contribution < -0.4 is 10.0 Å². The van der Waals surface area contributed by atoms with Crippen molar-refractivity contribution in [2.75, 3.05) is 0 Å². The minimum absolute atomic E-state index is 0.359. The Morgan fingerprint density at radius 3 is 2.16 bits per heavy atom. The van der Waals surface area contributed by atoms with Gasteiger partial charge in [-0.25, -0.2) is 14.2 Å². The molecular weight excluding hydrogens is 436 g/mol. The van der Waals surface area contributed by atoms with Gasteiger partial charge in [-0.3, -0.25) is 0 Å². The summed E-state index contributed by atoms with van der Waals surface area (Å²) >= 11 is -1.65. The Balaban J connectivity index is 2.69. The first-order valence-electron chi connectivity index (χ1n) is 10.2. The second kappa shape index (κ2) is 9.72. The molecule has 0 radical (unpaired) electrons. The highest BCUT2D eigenvalue weighted by Crippen LogP contribution is 2.36.